The molecule has 49 heavy (non-hydrogen) atoms. The zero-order chi connectivity index (χ0) is 43.3. The van der Waals surface area contributed by atoms with Gasteiger partial charge in [0.1, 0.15) is 5.58 Å². The summed E-state index contributed by atoms with van der Waals surface area (Å²) >= 11 is -2.32. The molecule has 0 N–H and O–H groups in total. The van der Waals surface area contributed by atoms with Gasteiger partial charge < -0.3 is 9.40 Å². The van der Waals surface area contributed by atoms with E-state index in [2.05, 4.69) is 39.4 Å². The Balaban J connectivity index is 0.000000231. The summed E-state index contributed by atoms with van der Waals surface area (Å²) in [5.41, 5.74) is 6.07. The van der Waals surface area contributed by atoms with Crippen molar-refractivity contribution in [2.24, 2.45) is 5.92 Å². The van der Waals surface area contributed by atoms with Gasteiger partial charge in [0.05, 0.1) is 5.58 Å². The molecule has 1 radical (unpaired) electrons. The van der Waals surface area contributed by atoms with Gasteiger partial charge in [-0.1, -0.05) is 71.9 Å². The van der Waals surface area contributed by atoms with Crippen molar-refractivity contribution >= 4 is 39.6 Å². The van der Waals surface area contributed by atoms with E-state index >= 15 is 0 Å². The third kappa shape index (κ3) is 8.32. The smallest absolute Gasteiger partial charge is 0.121 e. The first-order valence-corrected chi connectivity index (χ1v) is 23.2. The molecule has 7 aromatic rings. The van der Waals surface area contributed by atoms with Crippen LogP contribution in [0.25, 0.3) is 55.6 Å². The van der Waals surface area contributed by atoms with Gasteiger partial charge in [-0.2, -0.15) is 0 Å². The van der Waals surface area contributed by atoms with Gasteiger partial charge in [0.15, 0.2) is 0 Å². The van der Waals surface area contributed by atoms with E-state index < -0.39 is 40.2 Å². The quantitative estimate of drug-likeness (QED) is 0.123. The fourth-order valence-corrected chi connectivity index (χ4v) is 8.55. The molecule has 0 bridgehead atoms. The number of rotatable bonds is 6. The molecule has 4 aromatic carbocycles. The molecule has 251 valence electrons. The van der Waals surface area contributed by atoms with Gasteiger partial charge in [-0.3, -0.25) is 0 Å². The minimum atomic E-state index is -2.38. The van der Waals surface area contributed by atoms with E-state index in [1.165, 1.54) is 30.5 Å². The second-order valence-corrected chi connectivity index (χ2v) is 23.6. The molecule has 0 fully saturated rings. The van der Waals surface area contributed by atoms with Gasteiger partial charge >= 0.3 is 139 Å². The van der Waals surface area contributed by atoms with E-state index in [0.29, 0.717) is 50.0 Å². The van der Waals surface area contributed by atoms with E-state index in [9.17, 15) is 0 Å². The maximum atomic E-state index is 8.60. The molecule has 0 atom stereocenters. The Labute approximate surface area is 323 Å². The molecule has 0 saturated carbocycles. The number of hydrogen-bond donors (Lipinski definition) is 0. The topological polar surface area (TPSA) is 38.9 Å². The van der Waals surface area contributed by atoms with Crippen molar-refractivity contribution in [3.8, 4) is 33.6 Å². The maximum absolute atomic E-state index is 8.60. The van der Waals surface area contributed by atoms with Crippen LogP contribution in [0.5, 0.6) is 0 Å². The Morgan fingerprint density at radius 3 is 2.33 bits per heavy atom. The first kappa shape index (κ1) is 24.3. The van der Waals surface area contributed by atoms with Crippen molar-refractivity contribution in [2.75, 3.05) is 0 Å². The molecule has 3 heterocycles. The van der Waals surface area contributed by atoms with Crippen LogP contribution in [0, 0.1) is 38.6 Å². The number of pyridine rings is 2. The molecular formula is C44H44GeIrN2O-2. The number of furan rings is 1. The number of benzene rings is 4. The third-order valence-corrected chi connectivity index (χ3v) is 12.1. The molecule has 0 aliphatic heterocycles. The van der Waals surface area contributed by atoms with Crippen LogP contribution in [0.15, 0.2) is 108 Å². The first-order valence-electron chi connectivity index (χ1n) is 21.3. The predicted octanol–water partition coefficient (Wildman–Crippen LogP) is 11.3. The summed E-state index contributed by atoms with van der Waals surface area (Å²) in [4.78, 5) is 8.87. The molecule has 3 aromatic heterocycles. The summed E-state index contributed by atoms with van der Waals surface area (Å²) in [6.07, 6.45) is 1.78. The predicted molar refractivity (Wildman–Crippen MR) is 205 cm³/mol. The zero-order valence-corrected chi connectivity index (χ0v) is 32.5. The second kappa shape index (κ2) is 15.4. The fraction of sp³-hybridized carbons (Fsp3) is 0.227. The van der Waals surface area contributed by atoms with Gasteiger partial charge in [0, 0.05) is 39.9 Å². The number of fused-ring (bicyclic) bond motifs is 3. The molecule has 0 saturated heterocycles. The van der Waals surface area contributed by atoms with Crippen molar-refractivity contribution in [1.29, 1.82) is 0 Å². The van der Waals surface area contributed by atoms with Crippen LogP contribution in [0.1, 0.15) is 51.2 Å². The number of aromatic nitrogens is 2. The molecule has 0 spiro atoms. The largest absolute Gasteiger partial charge is 0.501 e. The Morgan fingerprint density at radius 1 is 0.816 bits per heavy atom. The van der Waals surface area contributed by atoms with Crippen molar-refractivity contribution < 1.29 is 39.6 Å². The van der Waals surface area contributed by atoms with Crippen LogP contribution in [-0.2, 0) is 26.5 Å². The van der Waals surface area contributed by atoms with Gasteiger partial charge in [0.2, 0.25) is 0 Å². The normalized spacial score (nSPS) is 15.8. The summed E-state index contributed by atoms with van der Waals surface area (Å²) in [5.74, 6) is 6.53. The first-order chi connectivity index (χ1) is 27.4. The fourth-order valence-electron chi connectivity index (χ4n) is 5.60. The summed E-state index contributed by atoms with van der Waals surface area (Å²) in [5, 5.41) is 1.12. The van der Waals surface area contributed by atoms with E-state index in [4.69, 9.17) is 19.5 Å². The van der Waals surface area contributed by atoms with Crippen LogP contribution in [0.2, 0.25) is 17.3 Å². The molecule has 0 aliphatic carbocycles. The monoisotopic (exact) mass is 894 g/mol. The van der Waals surface area contributed by atoms with Gasteiger partial charge in [-0.25, -0.2) is 0 Å². The van der Waals surface area contributed by atoms with Crippen LogP contribution in [-0.4, -0.2) is 23.2 Å². The summed E-state index contributed by atoms with van der Waals surface area (Å²) in [6, 6.07) is 32.3. The van der Waals surface area contributed by atoms with Gasteiger partial charge in [-0.15, -0.1) is 17.7 Å². The van der Waals surface area contributed by atoms with Crippen molar-refractivity contribution in [2.45, 2.75) is 58.0 Å². The van der Waals surface area contributed by atoms with Gasteiger partial charge in [-0.05, 0) is 35.8 Å². The van der Waals surface area contributed by atoms with Crippen molar-refractivity contribution in [3.05, 3.63) is 138 Å². The number of nitrogens with zero attached hydrogens (tertiary/aromatic N) is 2. The van der Waals surface area contributed by atoms with E-state index in [1.807, 2.05) is 74.6 Å². The average molecular weight is 893 g/mol. The zero-order valence-electron chi connectivity index (χ0n) is 39.0. The van der Waals surface area contributed by atoms with E-state index in [1.54, 1.807) is 12.1 Å². The Kier molecular flexibility index (Phi) is 7.64. The van der Waals surface area contributed by atoms with Crippen molar-refractivity contribution in [1.82, 2.24) is 9.97 Å². The summed E-state index contributed by atoms with van der Waals surface area (Å²) in [7, 11) is 0. The minimum Gasteiger partial charge on any atom is -0.501 e. The molecular weight excluding hydrogens is 837 g/mol. The Morgan fingerprint density at radius 2 is 1.63 bits per heavy atom. The van der Waals surface area contributed by atoms with E-state index in [0.717, 1.165) is 15.5 Å². The molecule has 0 amide bonds. The molecule has 0 unspecified atom stereocenters. The standard InChI is InChI=1S/C25H18NO.C19H26GeN.Ir/c1-16-12-13-26-22(14-16)20-10-8-17(2)24-21-11-9-19(15-23(21)27-25(20)24)18-6-4-3-5-7-18;1-14(2)11-17-12-19(16-9-7-15(3)8-10-16)21-13-18(17)20(4,5)6;/h3-9,11-15H,1-2H3;7-9,12-14H,11H2,1-6H3;/q2*-1;/i1D3,2D3;3D3,11D2;. The van der Waals surface area contributed by atoms with Crippen LogP contribution in [0.4, 0.5) is 0 Å². The molecule has 0 aliphatic rings. The summed E-state index contributed by atoms with van der Waals surface area (Å²) in [6.45, 7) is -3.07. The third-order valence-electron chi connectivity index (χ3n) is 7.92. The Bertz CT molecular complexity index is 2610. The van der Waals surface area contributed by atoms with Crippen LogP contribution < -0.4 is 4.40 Å². The van der Waals surface area contributed by atoms with Crippen molar-refractivity contribution in [3.63, 3.8) is 0 Å². The second-order valence-electron chi connectivity index (χ2n) is 13.0. The SMILES string of the molecule is [2H]C([2H])([2H])c1c[c-]c(-c2cc(C([2H])([2H])C(C)C)[c]([Ge]([CH3])([CH3])[CH3])cn2)cc1.[2H]C([2H])([2H])c1ccnc(-c2[c-]cc(C([2H])([2H])[2H])c3c2oc2cc(-c4ccccc4)ccc23)c1.[Ir]. The number of hydrogen-bond acceptors (Lipinski definition) is 3. The molecule has 7 rings (SSSR count). The maximum Gasteiger partial charge on any atom is 0.121 e. The van der Waals surface area contributed by atoms with Gasteiger partial charge in [0.25, 0.3) is 0 Å². The van der Waals surface area contributed by atoms with E-state index in [-0.39, 0.29) is 42.7 Å². The average Bonchev–Trinajstić information content (AvgIpc) is 3.55. The Hall–Kier alpha value is -3.83. The molecule has 5 heteroatoms. The minimum absolute atomic E-state index is 0. The summed E-state index contributed by atoms with van der Waals surface area (Å²) < 4.78 is 94.0. The van der Waals surface area contributed by atoms with Crippen LogP contribution in [0.3, 0.4) is 0 Å². The molecule has 3 nitrogen and oxygen atoms in total. The van der Waals surface area contributed by atoms with Crippen LogP contribution >= 0.6 is 0 Å². The number of aryl methyl sites for hydroxylation is 3.